The van der Waals surface area contributed by atoms with Gasteiger partial charge < -0.3 is 10.6 Å². The molecule has 2 heterocycles. The number of piperidine rings is 1. The summed E-state index contributed by atoms with van der Waals surface area (Å²) in [5.41, 5.74) is 6.87. The van der Waals surface area contributed by atoms with Crippen molar-refractivity contribution in [2.24, 2.45) is 5.73 Å². The van der Waals surface area contributed by atoms with Crippen LogP contribution in [0.2, 0.25) is 0 Å². The van der Waals surface area contributed by atoms with Gasteiger partial charge in [0.25, 0.3) is 0 Å². The van der Waals surface area contributed by atoms with Crippen molar-refractivity contribution in [3.8, 4) is 0 Å². The summed E-state index contributed by atoms with van der Waals surface area (Å²) in [6.45, 7) is 3.64. The molecule has 0 saturated carbocycles. The highest BCUT2D eigenvalue weighted by molar-refractivity contribution is 5.85. The van der Waals surface area contributed by atoms with Gasteiger partial charge >= 0.3 is 0 Å². The molecule has 1 aliphatic heterocycles. The fourth-order valence-electron chi connectivity index (χ4n) is 2.44. The summed E-state index contributed by atoms with van der Waals surface area (Å²) >= 11 is 0. The average molecular weight is 323 g/mol. The molecule has 0 aromatic carbocycles. The van der Waals surface area contributed by atoms with Crippen LogP contribution in [0.25, 0.3) is 0 Å². The zero-order valence-electron chi connectivity index (χ0n) is 11.7. The lowest BCUT2D eigenvalue weighted by atomic mass is 9.93. The number of hydrogen-bond acceptors (Lipinski definition) is 3. The highest BCUT2D eigenvalue weighted by Gasteiger charge is 2.24. The molecule has 1 aliphatic rings. The summed E-state index contributed by atoms with van der Waals surface area (Å²) in [4.78, 5) is 13.9. The number of rotatable bonds is 4. The van der Waals surface area contributed by atoms with Crippen molar-refractivity contribution in [2.75, 3.05) is 13.1 Å². The van der Waals surface area contributed by atoms with Gasteiger partial charge in [-0.15, -0.1) is 24.8 Å². The molecule has 0 radical (unpaired) electrons. The number of likely N-dealkylation sites (tertiary alicyclic amines) is 1. The molecule has 0 spiro atoms. The molecule has 2 rings (SSSR count). The van der Waals surface area contributed by atoms with E-state index in [4.69, 9.17) is 5.73 Å². The first kappa shape index (κ1) is 19.2. The van der Waals surface area contributed by atoms with Gasteiger partial charge in [0, 0.05) is 43.4 Å². The van der Waals surface area contributed by atoms with E-state index in [1.54, 1.807) is 6.20 Å². The topological polar surface area (TPSA) is 75.0 Å². The van der Waals surface area contributed by atoms with Crippen LogP contribution < -0.4 is 5.73 Å². The summed E-state index contributed by atoms with van der Waals surface area (Å²) in [6.07, 6.45) is 5.18. The van der Waals surface area contributed by atoms with Crippen LogP contribution in [0.15, 0.2) is 12.3 Å². The number of aromatic nitrogens is 2. The first-order chi connectivity index (χ1) is 8.66. The van der Waals surface area contributed by atoms with E-state index in [-0.39, 0.29) is 36.8 Å². The Morgan fingerprint density at radius 1 is 1.50 bits per heavy atom. The monoisotopic (exact) mass is 322 g/mol. The minimum Gasteiger partial charge on any atom is -0.343 e. The summed E-state index contributed by atoms with van der Waals surface area (Å²) < 4.78 is 0. The Labute approximate surface area is 132 Å². The lowest BCUT2D eigenvalue weighted by Gasteiger charge is -2.31. The lowest BCUT2D eigenvalue weighted by Crippen LogP contribution is -2.38. The molecule has 5 nitrogen and oxygen atoms in total. The molecular weight excluding hydrogens is 299 g/mol. The molecule has 1 aromatic rings. The molecule has 3 N–H and O–H groups in total. The van der Waals surface area contributed by atoms with Crippen LogP contribution in [0.4, 0.5) is 0 Å². The predicted octanol–water partition coefficient (Wildman–Crippen LogP) is 2.09. The van der Waals surface area contributed by atoms with E-state index in [0.29, 0.717) is 12.3 Å². The van der Waals surface area contributed by atoms with Crippen molar-refractivity contribution >= 4 is 30.7 Å². The van der Waals surface area contributed by atoms with Crippen LogP contribution in [0.5, 0.6) is 0 Å². The van der Waals surface area contributed by atoms with Gasteiger partial charge in [0.1, 0.15) is 0 Å². The number of nitrogens with two attached hydrogens (primary N) is 1. The standard InChI is InChI=1S/C13H22N4O.2ClH/c1-10(14)2-3-13(18)17-8-5-11(6-9-17)12-4-7-15-16-12;;/h4,7,10-11H,2-3,5-6,8-9,14H2,1H3,(H,15,16);2*1H. The van der Waals surface area contributed by atoms with E-state index in [9.17, 15) is 4.79 Å². The maximum Gasteiger partial charge on any atom is 0.222 e. The van der Waals surface area contributed by atoms with E-state index < -0.39 is 0 Å². The fourth-order valence-corrected chi connectivity index (χ4v) is 2.44. The number of H-pyrrole nitrogens is 1. The van der Waals surface area contributed by atoms with E-state index in [0.717, 1.165) is 32.4 Å². The average Bonchev–Trinajstić information content (AvgIpc) is 2.90. The molecular formula is C13H24Cl2N4O. The zero-order valence-corrected chi connectivity index (χ0v) is 13.4. The Balaban J connectivity index is 0.00000180. The maximum atomic E-state index is 11.9. The minimum atomic E-state index is 0. The van der Waals surface area contributed by atoms with Crippen LogP contribution >= 0.6 is 24.8 Å². The Morgan fingerprint density at radius 3 is 2.65 bits per heavy atom. The molecule has 0 bridgehead atoms. The summed E-state index contributed by atoms with van der Waals surface area (Å²) in [5.74, 6) is 0.764. The maximum absolute atomic E-state index is 11.9. The van der Waals surface area contributed by atoms with Crippen LogP contribution in [-0.2, 0) is 4.79 Å². The second-order valence-electron chi connectivity index (χ2n) is 5.18. The Kier molecular flexibility index (Phi) is 8.85. The second-order valence-corrected chi connectivity index (χ2v) is 5.18. The minimum absolute atomic E-state index is 0. The van der Waals surface area contributed by atoms with Crippen LogP contribution in [0, 0.1) is 0 Å². The Bertz CT molecular complexity index is 376. The normalized spacial score (nSPS) is 17.0. The number of halogens is 2. The van der Waals surface area contributed by atoms with Gasteiger partial charge in [0.15, 0.2) is 0 Å². The van der Waals surface area contributed by atoms with Gasteiger partial charge in [-0.2, -0.15) is 5.10 Å². The van der Waals surface area contributed by atoms with E-state index in [2.05, 4.69) is 10.2 Å². The van der Waals surface area contributed by atoms with Crippen molar-refractivity contribution in [1.29, 1.82) is 0 Å². The van der Waals surface area contributed by atoms with Crippen molar-refractivity contribution in [1.82, 2.24) is 15.1 Å². The molecule has 1 fully saturated rings. The molecule has 0 aliphatic carbocycles. The van der Waals surface area contributed by atoms with Gasteiger partial charge in [0.2, 0.25) is 5.91 Å². The Morgan fingerprint density at radius 2 is 2.15 bits per heavy atom. The summed E-state index contributed by atoms with van der Waals surface area (Å²) in [6, 6.07) is 2.13. The number of nitrogens with zero attached hydrogens (tertiary/aromatic N) is 2. The molecule has 116 valence electrons. The lowest BCUT2D eigenvalue weighted by molar-refractivity contribution is -0.132. The molecule has 1 aromatic heterocycles. The summed E-state index contributed by atoms with van der Waals surface area (Å²) in [7, 11) is 0. The first-order valence-electron chi connectivity index (χ1n) is 6.69. The van der Waals surface area contributed by atoms with E-state index >= 15 is 0 Å². The number of aromatic amines is 1. The van der Waals surface area contributed by atoms with Crippen molar-refractivity contribution in [2.45, 2.75) is 44.6 Å². The molecule has 20 heavy (non-hydrogen) atoms. The quantitative estimate of drug-likeness (QED) is 0.891. The van der Waals surface area contributed by atoms with Crippen LogP contribution in [0.1, 0.15) is 44.2 Å². The highest BCUT2D eigenvalue weighted by Crippen LogP contribution is 2.26. The third-order valence-corrected chi connectivity index (χ3v) is 3.62. The third-order valence-electron chi connectivity index (χ3n) is 3.62. The largest absolute Gasteiger partial charge is 0.343 e. The van der Waals surface area contributed by atoms with E-state index in [1.165, 1.54) is 5.69 Å². The third kappa shape index (κ3) is 5.31. The number of nitrogens with one attached hydrogen (secondary N) is 1. The van der Waals surface area contributed by atoms with Crippen LogP contribution in [-0.4, -0.2) is 40.1 Å². The van der Waals surface area contributed by atoms with E-state index in [1.807, 2.05) is 17.9 Å². The van der Waals surface area contributed by atoms with Crippen molar-refractivity contribution < 1.29 is 4.79 Å². The number of hydrogen-bond donors (Lipinski definition) is 2. The molecule has 1 unspecified atom stereocenters. The fraction of sp³-hybridized carbons (Fsp3) is 0.692. The van der Waals surface area contributed by atoms with Gasteiger partial charge in [-0.25, -0.2) is 0 Å². The highest BCUT2D eigenvalue weighted by atomic mass is 35.5. The van der Waals surface area contributed by atoms with Crippen LogP contribution in [0.3, 0.4) is 0 Å². The SMILES string of the molecule is CC(N)CCC(=O)N1CCC(c2ccn[nH]2)CC1.Cl.Cl. The summed E-state index contributed by atoms with van der Waals surface area (Å²) in [5, 5.41) is 7.00. The van der Waals surface area contributed by atoms with Crippen molar-refractivity contribution in [3.05, 3.63) is 18.0 Å². The number of carbonyl (C=O) groups is 1. The number of carbonyl (C=O) groups excluding carboxylic acids is 1. The molecule has 1 amide bonds. The zero-order chi connectivity index (χ0) is 13.0. The molecule has 1 saturated heterocycles. The van der Waals surface area contributed by atoms with Gasteiger partial charge in [0.05, 0.1) is 0 Å². The van der Waals surface area contributed by atoms with Gasteiger partial charge in [-0.1, -0.05) is 0 Å². The smallest absolute Gasteiger partial charge is 0.222 e. The Hall–Kier alpha value is -0.780. The molecule has 1 atom stereocenters. The molecule has 7 heteroatoms. The first-order valence-corrected chi connectivity index (χ1v) is 6.69. The number of amides is 1. The van der Waals surface area contributed by atoms with Gasteiger partial charge in [-0.3, -0.25) is 9.89 Å². The van der Waals surface area contributed by atoms with Gasteiger partial charge in [-0.05, 0) is 32.3 Å². The second kappa shape index (κ2) is 9.21. The van der Waals surface area contributed by atoms with Crippen molar-refractivity contribution in [3.63, 3.8) is 0 Å². The predicted molar refractivity (Wildman–Crippen MR) is 84.5 cm³/mol.